The number of pyridine rings is 1. The van der Waals surface area contributed by atoms with Gasteiger partial charge in [-0.1, -0.05) is 0 Å². The van der Waals surface area contributed by atoms with E-state index in [2.05, 4.69) is 20.3 Å². The summed E-state index contributed by atoms with van der Waals surface area (Å²) < 4.78 is 74.5. The molecule has 0 aliphatic carbocycles. The molecular formula is C23H25F5N6O3. The van der Waals surface area contributed by atoms with E-state index in [0.29, 0.717) is 0 Å². The Bertz CT molecular complexity index is 1190. The van der Waals surface area contributed by atoms with Gasteiger partial charge in [-0.05, 0) is 32.9 Å². The molecule has 2 aliphatic rings. The van der Waals surface area contributed by atoms with E-state index in [4.69, 9.17) is 4.74 Å². The number of anilines is 2. The summed E-state index contributed by atoms with van der Waals surface area (Å²) in [6.45, 7) is 5.89. The number of fused-ring (bicyclic) bond motifs is 1. The van der Waals surface area contributed by atoms with Gasteiger partial charge in [0.2, 0.25) is 12.3 Å². The van der Waals surface area contributed by atoms with Gasteiger partial charge in [0.05, 0.1) is 22.9 Å². The van der Waals surface area contributed by atoms with E-state index >= 15 is 0 Å². The smallest absolute Gasteiger partial charge is 0.416 e. The standard InChI is InChI=1S/C23H25F5N6O3/c1-22(2,3)37-21(36)34-6-4-33(5-7-34)15-9-12(23(26,27)28)8-14(31-15)18-17-13(19(24)25)10-16(35)32-20(17)30-11-29-18/h8-9,11,13,19H,4-7,10H2,1-3H3,(H,29,30,32,35)/t13-/m1/s1. The lowest BCUT2D eigenvalue weighted by atomic mass is 9.90. The quantitative estimate of drug-likeness (QED) is 0.593. The van der Waals surface area contributed by atoms with Gasteiger partial charge >= 0.3 is 12.3 Å². The van der Waals surface area contributed by atoms with Crippen LogP contribution in [-0.4, -0.2) is 70.1 Å². The van der Waals surface area contributed by atoms with Crippen molar-refractivity contribution in [1.82, 2.24) is 19.9 Å². The molecule has 0 bridgehead atoms. The largest absolute Gasteiger partial charge is 0.444 e. The molecule has 37 heavy (non-hydrogen) atoms. The molecule has 2 aromatic heterocycles. The highest BCUT2D eigenvalue weighted by Gasteiger charge is 2.38. The number of amides is 2. The average molecular weight is 528 g/mol. The number of hydrogen-bond donors (Lipinski definition) is 1. The first kappa shape index (κ1) is 26.5. The van der Waals surface area contributed by atoms with E-state index in [1.54, 1.807) is 25.7 Å². The summed E-state index contributed by atoms with van der Waals surface area (Å²) in [5, 5.41) is 2.38. The monoisotopic (exact) mass is 528 g/mol. The minimum atomic E-state index is -4.76. The summed E-state index contributed by atoms with van der Waals surface area (Å²) in [7, 11) is 0. The Balaban J connectivity index is 1.70. The number of nitrogens with zero attached hydrogens (tertiary/aromatic N) is 5. The number of carbonyl (C=O) groups is 2. The minimum absolute atomic E-state index is 0.0468. The first-order valence-electron chi connectivity index (χ1n) is 11.5. The minimum Gasteiger partial charge on any atom is -0.444 e. The van der Waals surface area contributed by atoms with Crippen LogP contribution in [0.15, 0.2) is 18.5 Å². The summed E-state index contributed by atoms with van der Waals surface area (Å²) in [5.41, 5.74) is -2.39. The Morgan fingerprint density at radius 2 is 1.78 bits per heavy atom. The van der Waals surface area contributed by atoms with Crippen molar-refractivity contribution < 1.29 is 36.3 Å². The van der Waals surface area contributed by atoms with E-state index in [9.17, 15) is 31.5 Å². The van der Waals surface area contributed by atoms with Crippen molar-refractivity contribution in [3.8, 4) is 11.4 Å². The summed E-state index contributed by atoms with van der Waals surface area (Å²) in [4.78, 5) is 39.4. The lowest BCUT2D eigenvalue weighted by Crippen LogP contribution is -2.50. The number of carbonyl (C=O) groups excluding carboxylic acids is 2. The molecule has 2 aliphatic heterocycles. The van der Waals surface area contributed by atoms with Gasteiger partial charge in [-0.25, -0.2) is 28.5 Å². The van der Waals surface area contributed by atoms with Crippen molar-refractivity contribution in [2.24, 2.45) is 0 Å². The summed E-state index contributed by atoms with van der Waals surface area (Å²) >= 11 is 0. The molecule has 1 atom stereocenters. The van der Waals surface area contributed by atoms with Gasteiger partial charge < -0.3 is 19.9 Å². The van der Waals surface area contributed by atoms with Crippen molar-refractivity contribution in [3.05, 3.63) is 29.6 Å². The van der Waals surface area contributed by atoms with Crippen LogP contribution >= 0.6 is 0 Å². The molecule has 1 saturated heterocycles. The number of piperazine rings is 1. The maximum atomic E-state index is 13.8. The maximum Gasteiger partial charge on any atom is 0.416 e. The average Bonchev–Trinajstić information content (AvgIpc) is 2.81. The van der Waals surface area contributed by atoms with Crippen molar-refractivity contribution in [2.45, 2.75) is 51.3 Å². The fraction of sp³-hybridized carbons (Fsp3) is 0.522. The van der Waals surface area contributed by atoms with Gasteiger partial charge in [-0.3, -0.25) is 4.79 Å². The lowest BCUT2D eigenvalue weighted by molar-refractivity contribution is -0.137. The SMILES string of the molecule is CC(C)(C)OC(=O)N1CCN(c2cc(C(F)(F)F)cc(-c3ncnc4c3[C@H](C(F)F)CC(=O)N4)n2)CC1. The third kappa shape index (κ3) is 5.88. The van der Waals surface area contributed by atoms with Gasteiger partial charge in [0.15, 0.2) is 0 Å². The Labute approximate surface area is 209 Å². The zero-order valence-corrected chi connectivity index (χ0v) is 20.3. The van der Waals surface area contributed by atoms with E-state index < -0.39 is 48.1 Å². The Morgan fingerprint density at radius 1 is 1.11 bits per heavy atom. The number of nitrogens with one attached hydrogen (secondary N) is 1. The van der Waals surface area contributed by atoms with Crippen LogP contribution in [0.2, 0.25) is 0 Å². The highest BCUT2D eigenvalue weighted by molar-refractivity contribution is 5.95. The molecule has 2 amide bonds. The molecule has 9 nitrogen and oxygen atoms in total. The summed E-state index contributed by atoms with van der Waals surface area (Å²) in [6, 6.07) is 1.61. The zero-order chi connectivity index (χ0) is 27.1. The normalized spacial score (nSPS) is 18.5. The van der Waals surface area contributed by atoms with Crippen molar-refractivity contribution in [1.29, 1.82) is 0 Å². The number of ether oxygens (including phenoxy) is 1. The highest BCUT2D eigenvalue weighted by Crippen LogP contribution is 2.41. The molecule has 4 rings (SSSR count). The molecule has 0 spiro atoms. The molecular weight excluding hydrogens is 503 g/mol. The van der Waals surface area contributed by atoms with Crippen LogP contribution in [0, 0.1) is 0 Å². The molecule has 0 radical (unpaired) electrons. The van der Waals surface area contributed by atoms with Gasteiger partial charge in [0, 0.05) is 38.2 Å². The Kier molecular flexibility index (Phi) is 6.95. The third-order valence-corrected chi connectivity index (χ3v) is 5.86. The number of rotatable bonds is 3. The fourth-order valence-electron chi connectivity index (χ4n) is 4.16. The number of halogens is 5. The van der Waals surface area contributed by atoms with Crippen molar-refractivity contribution in [2.75, 3.05) is 36.4 Å². The second-order valence-electron chi connectivity index (χ2n) is 9.73. The first-order valence-corrected chi connectivity index (χ1v) is 11.5. The number of hydrogen-bond acceptors (Lipinski definition) is 7. The molecule has 200 valence electrons. The Hall–Kier alpha value is -3.58. The predicted octanol–water partition coefficient (Wildman–Crippen LogP) is 4.31. The second kappa shape index (κ2) is 9.71. The van der Waals surface area contributed by atoms with E-state index in [1.165, 1.54) is 4.90 Å². The molecule has 14 heteroatoms. The highest BCUT2D eigenvalue weighted by atomic mass is 19.4. The molecule has 1 N–H and O–H groups in total. The summed E-state index contributed by atoms with van der Waals surface area (Å²) in [6.07, 6.45) is -7.85. The van der Waals surface area contributed by atoms with Gasteiger partial charge in [-0.2, -0.15) is 13.2 Å². The Morgan fingerprint density at radius 3 is 2.38 bits per heavy atom. The van der Waals surface area contributed by atoms with Crippen LogP contribution in [0.1, 0.15) is 44.2 Å². The van der Waals surface area contributed by atoms with Gasteiger partial charge in [0.25, 0.3) is 0 Å². The first-order chi connectivity index (χ1) is 17.2. The molecule has 1 fully saturated rings. The molecule has 0 aromatic carbocycles. The predicted molar refractivity (Wildman–Crippen MR) is 122 cm³/mol. The van der Waals surface area contributed by atoms with Crippen LogP contribution in [0.25, 0.3) is 11.4 Å². The van der Waals surface area contributed by atoms with Crippen LogP contribution in [0.5, 0.6) is 0 Å². The van der Waals surface area contributed by atoms with Crippen LogP contribution < -0.4 is 10.2 Å². The van der Waals surface area contributed by atoms with Crippen LogP contribution in [0.3, 0.4) is 0 Å². The summed E-state index contributed by atoms with van der Waals surface area (Å²) in [5.74, 6) is -2.51. The maximum absolute atomic E-state index is 13.8. The van der Waals surface area contributed by atoms with Crippen LogP contribution in [0.4, 0.5) is 38.4 Å². The number of aromatic nitrogens is 3. The third-order valence-electron chi connectivity index (χ3n) is 5.86. The lowest BCUT2D eigenvalue weighted by Gasteiger charge is -2.36. The van der Waals surface area contributed by atoms with E-state index in [1.807, 2.05) is 0 Å². The van der Waals surface area contributed by atoms with Gasteiger partial charge in [-0.15, -0.1) is 0 Å². The zero-order valence-electron chi connectivity index (χ0n) is 20.3. The fourth-order valence-corrected chi connectivity index (χ4v) is 4.16. The molecule has 2 aromatic rings. The topological polar surface area (TPSA) is 101 Å². The number of alkyl halides is 5. The van der Waals surface area contributed by atoms with E-state index in [0.717, 1.165) is 18.5 Å². The van der Waals surface area contributed by atoms with E-state index in [-0.39, 0.29) is 54.8 Å². The van der Waals surface area contributed by atoms with Crippen molar-refractivity contribution in [3.63, 3.8) is 0 Å². The van der Waals surface area contributed by atoms with Gasteiger partial charge in [0.1, 0.15) is 23.6 Å². The molecule has 0 saturated carbocycles. The van der Waals surface area contributed by atoms with Crippen LogP contribution in [-0.2, 0) is 15.7 Å². The van der Waals surface area contributed by atoms with Crippen molar-refractivity contribution >= 4 is 23.6 Å². The molecule has 4 heterocycles. The molecule has 0 unspecified atom stereocenters. The second-order valence-corrected chi connectivity index (χ2v) is 9.73.